The number of ether oxygens (including phenoxy) is 1. The molecule has 0 radical (unpaired) electrons. The van der Waals surface area contributed by atoms with Gasteiger partial charge in [-0.1, -0.05) is 36.4 Å². The zero-order valence-electron chi connectivity index (χ0n) is 11.8. The van der Waals surface area contributed by atoms with Gasteiger partial charge < -0.3 is 15.4 Å². The van der Waals surface area contributed by atoms with Crippen LogP contribution < -0.4 is 10.5 Å². The molecule has 0 saturated heterocycles. The quantitative estimate of drug-likeness (QED) is 0.921. The van der Waals surface area contributed by atoms with Crippen LogP contribution in [0.4, 0.5) is 4.79 Å². The van der Waals surface area contributed by atoms with Crippen molar-refractivity contribution in [2.75, 3.05) is 6.54 Å². The van der Waals surface area contributed by atoms with Crippen LogP contribution in [0.25, 0.3) is 0 Å². The number of nitrogens with two attached hydrogens (primary N) is 1. The number of nitrogens with zero attached hydrogens (tertiary/aromatic N) is 1. The van der Waals surface area contributed by atoms with Gasteiger partial charge in [0.2, 0.25) is 0 Å². The average Bonchev–Trinajstić information content (AvgIpc) is 2.55. The van der Waals surface area contributed by atoms with Crippen molar-refractivity contribution >= 4 is 6.09 Å². The van der Waals surface area contributed by atoms with Crippen LogP contribution in [0.3, 0.4) is 0 Å². The SMILES string of the molecule is NCc1ccc(OC(=O)N2CCc3ccccc3C2)cc1. The molecule has 4 nitrogen and oxygen atoms in total. The third-order valence-corrected chi connectivity index (χ3v) is 3.75. The van der Waals surface area contributed by atoms with E-state index < -0.39 is 0 Å². The molecule has 0 spiro atoms. The van der Waals surface area contributed by atoms with Gasteiger partial charge in [0.1, 0.15) is 5.75 Å². The molecule has 0 bridgehead atoms. The van der Waals surface area contributed by atoms with Gasteiger partial charge in [-0.25, -0.2) is 4.79 Å². The topological polar surface area (TPSA) is 55.6 Å². The molecule has 108 valence electrons. The smallest absolute Gasteiger partial charge is 0.410 e. The summed E-state index contributed by atoms with van der Waals surface area (Å²) in [5.74, 6) is 0.552. The van der Waals surface area contributed by atoms with E-state index in [1.54, 1.807) is 17.0 Å². The van der Waals surface area contributed by atoms with E-state index in [-0.39, 0.29) is 6.09 Å². The van der Waals surface area contributed by atoms with Gasteiger partial charge in [0.25, 0.3) is 0 Å². The van der Waals surface area contributed by atoms with E-state index in [1.165, 1.54) is 11.1 Å². The van der Waals surface area contributed by atoms with E-state index >= 15 is 0 Å². The van der Waals surface area contributed by atoms with Gasteiger partial charge in [-0.05, 0) is 35.2 Å². The van der Waals surface area contributed by atoms with Gasteiger partial charge in [0.05, 0.1) is 0 Å². The summed E-state index contributed by atoms with van der Waals surface area (Å²) in [6.07, 6.45) is 0.571. The van der Waals surface area contributed by atoms with E-state index in [9.17, 15) is 4.79 Å². The first kappa shape index (κ1) is 13.6. The van der Waals surface area contributed by atoms with Gasteiger partial charge in [0.15, 0.2) is 0 Å². The number of rotatable bonds is 2. The first-order valence-electron chi connectivity index (χ1n) is 7.09. The van der Waals surface area contributed by atoms with Crippen LogP contribution in [0.15, 0.2) is 48.5 Å². The summed E-state index contributed by atoms with van der Waals surface area (Å²) >= 11 is 0. The number of hydrogen-bond donors (Lipinski definition) is 1. The molecule has 1 amide bonds. The largest absolute Gasteiger partial charge is 0.415 e. The van der Waals surface area contributed by atoms with Crippen LogP contribution in [0, 0.1) is 0 Å². The fourth-order valence-electron chi connectivity index (χ4n) is 2.51. The molecule has 1 heterocycles. The van der Waals surface area contributed by atoms with E-state index in [0.29, 0.717) is 25.4 Å². The molecule has 0 atom stereocenters. The second-order valence-corrected chi connectivity index (χ2v) is 5.16. The molecule has 0 aliphatic carbocycles. The standard InChI is InChI=1S/C17H18N2O2/c18-11-13-5-7-16(8-6-13)21-17(20)19-10-9-14-3-1-2-4-15(14)12-19/h1-8H,9-12,18H2. The van der Waals surface area contributed by atoms with Gasteiger partial charge in [-0.2, -0.15) is 0 Å². The minimum Gasteiger partial charge on any atom is -0.410 e. The van der Waals surface area contributed by atoms with E-state index in [2.05, 4.69) is 12.1 Å². The van der Waals surface area contributed by atoms with Crippen LogP contribution >= 0.6 is 0 Å². The van der Waals surface area contributed by atoms with Crippen LogP contribution in [-0.4, -0.2) is 17.5 Å². The Labute approximate surface area is 124 Å². The normalized spacial score (nSPS) is 13.7. The second kappa shape index (κ2) is 5.97. The molecule has 0 fully saturated rings. The molecule has 2 N–H and O–H groups in total. The predicted molar refractivity (Wildman–Crippen MR) is 80.9 cm³/mol. The first-order chi connectivity index (χ1) is 10.3. The molecule has 2 aromatic rings. The predicted octanol–water partition coefficient (Wildman–Crippen LogP) is 2.70. The third kappa shape index (κ3) is 3.06. The summed E-state index contributed by atoms with van der Waals surface area (Å²) in [5, 5.41) is 0. The maximum Gasteiger partial charge on any atom is 0.415 e. The van der Waals surface area contributed by atoms with Crippen molar-refractivity contribution in [2.24, 2.45) is 5.73 Å². The summed E-state index contributed by atoms with van der Waals surface area (Å²) in [5.41, 5.74) is 9.07. The van der Waals surface area contributed by atoms with Crippen LogP contribution in [0.5, 0.6) is 5.75 Å². The summed E-state index contributed by atoms with van der Waals surface area (Å²) < 4.78 is 5.41. The average molecular weight is 282 g/mol. The number of benzene rings is 2. The van der Waals surface area contributed by atoms with Gasteiger partial charge in [-0.15, -0.1) is 0 Å². The highest BCUT2D eigenvalue weighted by molar-refractivity contribution is 5.71. The molecule has 2 aromatic carbocycles. The zero-order chi connectivity index (χ0) is 14.7. The Morgan fingerprint density at radius 3 is 2.52 bits per heavy atom. The maximum atomic E-state index is 12.2. The van der Waals surface area contributed by atoms with E-state index in [4.69, 9.17) is 10.5 Å². The minimum atomic E-state index is -0.301. The molecule has 0 aromatic heterocycles. The third-order valence-electron chi connectivity index (χ3n) is 3.75. The van der Waals surface area contributed by atoms with Crippen molar-refractivity contribution in [3.8, 4) is 5.75 Å². The Balaban J connectivity index is 1.66. The van der Waals surface area contributed by atoms with Crippen molar-refractivity contribution < 1.29 is 9.53 Å². The molecule has 21 heavy (non-hydrogen) atoms. The Hall–Kier alpha value is -2.33. The van der Waals surface area contributed by atoms with E-state index in [0.717, 1.165) is 12.0 Å². The van der Waals surface area contributed by atoms with Crippen molar-refractivity contribution in [1.82, 2.24) is 4.90 Å². The Bertz CT molecular complexity index is 637. The Morgan fingerprint density at radius 1 is 1.10 bits per heavy atom. The highest BCUT2D eigenvalue weighted by Crippen LogP contribution is 2.20. The fraction of sp³-hybridized carbons (Fsp3) is 0.235. The molecular formula is C17H18N2O2. The lowest BCUT2D eigenvalue weighted by molar-refractivity contribution is 0.147. The Kier molecular flexibility index (Phi) is 3.88. The summed E-state index contributed by atoms with van der Waals surface area (Å²) in [6.45, 7) is 1.78. The summed E-state index contributed by atoms with van der Waals surface area (Å²) in [4.78, 5) is 13.9. The number of fused-ring (bicyclic) bond motifs is 1. The molecule has 1 aliphatic rings. The lowest BCUT2D eigenvalue weighted by Gasteiger charge is -2.27. The number of hydrogen-bond acceptors (Lipinski definition) is 3. The second-order valence-electron chi connectivity index (χ2n) is 5.16. The fourth-order valence-corrected chi connectivity index (χ4v) is 2.51. The highest BCUT2D eigenvalue weighted by atomic mass is 16.6. The highest BCUT2D eigenvalue weighted by Gasteiger charge is 2.21. The number of carbonyl (C=O) groups is 1. The van der Waals surface area contributed by atoms with Crippen molar-refractivity contribution in [3.63, 3.8) is 0 Å². The molecular weight excluding hydrogens is 264 g/mol. The lowest BCUT2D eigenvalue weighted by Crippen LogP contribution is -2.37. The van der Waals surface area contributed by atoms with Crippen LogP contribution in [-0.2, 0) is 19.5 Å². The van der Waals surface area contributed by atoms with Crippen LogP contribution in [0.1, 0.15) is 16.7 Å². The number of carbonyl (C=O) groups excluding carboxylic acids is 1. The van der Waals surface area contributed by atoms with Crippen molar-refractivity contribution in [3.05, 3.63) is 65.2 Å². The molecule has 0 saturated carbocycles. The summed E-state index contributed by atoms with van der Waals surface area (Å²) in [7, 11) is 0. The van der Waals surface area contributed by atoms with Gasteiger partial charge >= 0.3 is 6.09 Å². The lowest BCUT2D eigenvalue weighted by atomic mass is 10.0. The van der Waals surface area contributed by atoms with Gasteiger partial charge in [-0.3, -0.25) is 0 Å². The monoisotopic (exact) mass is 282 g/mol. The molecule has 0 unspecified atom stereocenters. The minimum absolute atomic E-state index is 0.301. The van der Waals surface area contributed by atoms with Gasteiger partial charge in [0, 0.05) is 19.6 Å². The van der Waals surface area contributed by atoms with Crippen molar-refractivity contribution in [2.45, 2.75) is 19.5 Å². The zero-order valence-corrected chi connectivity index (χ0v) is 11.8. The molecule has 1 aliphatic heterocycles. The number of amides is 1. The Morgan fingerprint density at radius 2 is 1.81 bits per heavy atom. The van der Waals surface area contributed by atoms with Crippen molar-refractivity contribution in [1.29, 1.82) is 0 Å². The first-order valence-corrected chi connectivity index (χ1v) is 7.09. The van der Waals surface area contributed by atoms with E-state index in [1.807, 2.05) is 24.3 Å². The van der Waals surface area contributed by atoms with Crippen LogP contribution in [0.2, 0.25) is 0 Å². The maximum absolute atomic E-state index is 12.2. The molecule has 4 heteroatoms. The molecule has 3 rings (SSSR count). The summed E-state index contributed by atoms with van der Waals surface area (Å²) in [6, 6.07) is 15.5.